The summed E-state index contributed by atoms with van der Waals surface area (Å²) in [5.41, 5.74) is 3.10. The van der Waals surface area contributed by atoms with Crippen LogP contribution in [0.25, 0.3) is 0 Å². The van der Waals surface area contributed by atoms with Crippen molar-refractivity contribution in [3.63, 3.8) is 0 Å². The Morgan fingerprint density at radius 2 is 1.73 bits per heavy atom. The summed E-state index contributed by atoms with van der Waals surface area (Å²) in [4.78, 5) is 13.7. The Balaban J connectivity index is 2.13. The minimum Gasteiger partial charge on any atom is -0.311 e. The van der Waals surface area contributed by atoms with Gasteiger partial charge in [-0.3, -0.25) is 4.79 Å². The first-order valence-electron chi connectivity index (χ1n) is 8.23. The molecule has 1 N–H and O–H groups in total. The van der Waals surface area contributed by atoms with Gasteiger partial charge >= 0.3 is 0 Å². The third-order valence-electron chi connectivity index (χ3n) is 4.11. The summed E-state index contributed by atoms with van der Waals surface area (Å²) in [6.45, 7) is 7.22. The van der Waals surface area contributed by atoms with E-state index in [1.807, 2.05) is 26.0 Å². The Hall–Kier alpha value is -1.89. The molecule has 2 rings (SSSR count). The first-order valence-corrected chi connectivity index (χ1v) is 10.1. The van der Waals surface area contributed by atoms with Crippen LogP contribution in [0.1, 0.15) is 23.6 Å². The van der Waals surface area contributed by atoms with Crippen molar-refractivity contribution < 1.29 is 13.2 Å². The maximum atomic E-state index is 12.6. The standard InChI is InChI=1S/C19H23ClN2O3S/c1-13-5-6-15(3)19(11-13)26(24,25)21-9-10-22(16(4)23)17-8-7-14(2)18(20)12-17/h5-8,11-12,21H,9-10H2,1-4H3. The number of benzene rings is 2. The number of aryl methyl sites for hydroxylation is 3. The van der Waals surface area contributed by atoms with E-state index in [4.69, 9.17) is 11.6 Å². The zero-order valence-electron chi connectivity index (χ0n) is 15.3. The van der Waals surface area contributed by atoms with Crippen molar-refractivity contribution in [2.24, 2.45) is 0 Å². The Kier molecular flexibility index (Phi) is 6.44. The van der Waals surface area contributed by atoms with Gasteiger partial charge < -0.3 is 4.90 Å². The summed E-state index contributed by atoms with van der Waals surface area (Å²) in [6, 6.07) is 10.6. The smallest absolute Gasteiger partial charge is 0.240 e. The molecule has 0 spiro atoms. The number of anilines is 1. The monoisotopic (exact) mass is 394 g/mol. The second-order valence-electron chi connectivity index (χ2n) is 6.27. The quantitative estimate of drug-likeness (QED) is 0.814. The molecule has 0 heterocycles. The lowest BCUT2D eigenvalue weighted by atomic mass is 10.2. The topological polar surface area (TPSA) is 66.5 Å². The molecule has 1 amide bonds. The van der Waals surface area contributed by atoms with Gasteiger partial charge in [0.1, 0.15) is 0 Å². The molecule has 0 radical (unpaired) electrons. The SMILES string of the molecule is CC(=O)N(CCNS(=O)(=O)c1cc(C)ccc1C)c1ccc(C)c(Cl)c1. The van der Waals surface area contributed by atoms with Crippen molar-refractivity contribution in [2.45, 2.75) is 32.6 Å². The van der Waals surface area contributed by atoms with Crippen molar-refractivity contribution >= 4 is 33.2 Å². The number of carbonyl (C=O) groups is 1. The number of sulfonamides is 1. The van der Waals surface area contributed by atoms with Gasteiger partial charge in [0.15, 0.2) is 0 Å². The molecule has 0 bridgehead atoms. The number of hydrogen-bond donors (Lipinski definition) is 1. The van der Waals surface area contributed by atoms with Crippen LogP contribution in [0.5, 0.6) is 0 Å². The summed E-state index contributed by atoms with van der Waals surface area (Å²) in [5, 5.41) is 0.560. The van der Waals surface area contributed by atoms with Crippen LogP contribution in [0.2, 0.25) is 5.02 Å². The van der Waals surface area contributed by atoms with E-state index in [0.717, 1.165) is 11.1 Å². The predicted molar refractivity (Wildman–Crippen MR) is 105 cm³/mol. The lowest BCUT2D eigenvalue weighted by Gasteiger charge is -2.22. The molecule has 0 unspecified atom stereocenters. The number of hydrogen-bond acceptors (Lipinski definition) is 3. The molecule has 0 aromatic heterocycles. The number of halogens is 1. The normalized spacial score (nSPS) is 11.4. The van der Waals surface area contributed by atoms with Gasteiger partial charge in [-0.2, -0.15) is 0 Å². The Morgan fingerprint density at radius 3 is 2.35 bits per heavy atom. The van der Waals surface area contributed by atoms with Crippen LogP contribution < -0.4 is 9.62 Å². The molecule has 2 aromatic rings. The van der Waals surface area contributed by atoms with Crippen molar-refractivity contribution in [2.75, 3.05) is 18.0 Å². The van der Waals surface area contributed by atoms with Crippen LogP contribution in [0.15, 0.2) is 41.3 Å². The molecule has 7 heteroatoms. The fourth-order valence-electron chi connectivity index (χ4n) is 2.58. The molecule has 140 valence electrons. The molecule has 5 nitrogen and oxygen atoms in total. The van der Waals surface area contributed by atoms with Gasteiger partial charge in [0.25, 0.3) is 0 Å². The second kappa shape index (κ2) is 8.20. The summed E-state index contributed by atoms with van der Waals surface area (Å²) >= 11 is 6.13. The second-order valence-corrected chi connectivity index (χ2v) is 8.41. The highest BCUT2D eigenvalue weighted by molar-refractivity contribution is 7.89. The highest BCUT2D eigenvalue weighted by atomic mass is 35.5. The molecule has 0 atom stereocenters. The fourth-order valence-corrected chi connectivity index (χ4v) is 4.11. The highest BCUT2D eigenvalue weighted by Crippen LogP contribution is 2.23. The molecule has 26 heavy (non-hydrogen) atoms. The number of nitrogens with zero attached hydrogens (tertiary/aromatic N) is 1. The van der Waals surface area contributed by atoms with Crippen LogP contribution in [-0.2, 0) is 14.8 Å². The zero-order valence-corrected chi connectivity index (χ0v) is 16.9. The van der Waals surface area contributed by atoms with Gasteiger partial charge in [-0.05, 0) is 55.7 Å². The Labute approximate surface area is 160 Å². The third kappa shape index (κ3) is 4.84. The number of nitrogens with one attached hydrogen (secondary N) is 1. The van der Waals surface area contributed by atoms with Crippen molar-refractivity contribution in [1.82, 2.24) is 4.72 Å². The first kappa shape index (κ1) is 20.4. The van der Waals surface area contributed by atoms with E-state index in [0.29, 0.717) is 16.3 Å². The molecule has 2 aromatic carbocycles. The molecular formula is C19H23ClN2O3S. The number of rotatable bonds is 6. The van der Waals surface area contributed by atoms with Crippen LogP contribution >= 0.6 is 11.6 Å². The van der Waals surface area contributed by atoms with Crippen molar-refractivity contribution in [3.05, 3.63) is 58.1 Å². The van der Waals surface area contributed by atoms with Gasteiger partial charge in [-0.15, -0.1) is 0 Å². The van der Waals surface area contributed by atoms with E-state index >= 15 is 0 Å². The average Bonchev–Trinajstić information content (AvgIpc) is 2.56. The van der Waals surface area contributed by atoms with Crippen molar-refractivity contribution in [3.8, 4) is 0 Å². The number of amides is 1. The van der Waals surface area contributed by atoms with Gasteiger partial charge in [-0.25, -0.2) is 13.1 Å². The fraction of sp³-hybridized carbons (Fsp3) is 0.316. The third-order valence-corrected chi connectivity index (χ3v) is 6.12. The van der Waals surface area contributed by atoms with Crippen LogP contribution in [0.4, 0.5) is 5.69 Å². The van der Waals surface area contributed by atoms with Crippen LogP contribution in [0, 0.1) is 20.8 Å². The molecule has 0 saturated heterocycles. The minimum atomic E-state index is -3.65. The molecule has 0 fully saturated rings. The van der Waals surface area contributed by atoms with Gasteiger partial charge in [-0.1, -0.05) is 29.8 Å². The number of carbonyl (C=O) groups excluding carboxylic acids is 1. The summed E-state index contributed by atoms with van der Waals surface area (Å²) < 4.78 is 27.7. The zero-order chi connectivity index (χ0) is 19.5. The first-order chi connectivity index (χ1) is 12.1. The lowest BCUT2D eigenvalue weighted by Crippen LogP contribution is -2.37. The van der Waals surface area contributed by atoms with E-state index in [2.05, 4.69) is 4.72 Å². The average molecular weight is 395 g/mol. The summed E-state index contributed by atoms with van der Waals surface area (Å²) in [7, 11) is -3.65. The maximum absolute atomic E-state index is 12.6. The Bertz CT molecular complexity index is 926. The van der Waals surface area contributed by atoms with Crippen LogP contribution in [0.3, 0.4) is 0 Å². The van der Waals surface area contributed by atoms with Crippen molar-refractivity contribution in [1.29, 1.82) is 0 Å². The summed E-state index contributed by atoms with van der Waals surface area (Å²) in [5.74, 6) is -0.184. The van der Waals surface area contributed by atoms with E-state index < -0.39 is 10.0 Å². The molecule has 0 saturated carbocycles. The minimum absolute atomic E-state index is 0.0980. The van der Waals surface area contributed by atoms with Gasteiger partial charge in [0, 0.05) is 30.7 Å². The molecular weight excluding hydrogens is 372 g/mol. The largest absolute Gasteiger partial charge is 0.311 e. The highest BCUT2D eigenvalue weighted by Gasteiger charge is 2.18. The predicted octanol–water partition coefficient (Wildman–Crippen LogP) is 3.60. The summed E-state index contributed by atoms with van der Waals surface area (Å²) in [6.07, 6.45) is 0. The van der Waals surface area contributed by atoms with E-state index in [1.165, 1.54) is 11.8 Å². The lowest BCUT2D eigenvalue weighted by molar-refractivity contribution is -0.116. The van der Waals surface area contributed by atoms with E-state index in [1.54, 1.807) is 31.2 Å². The van der Waals surface area contributed by atoms with E-state index in [9.17, 15) is 13.2 Å². The van der Waals surface area contributed by atoms with Gasteiger partial charge in [0.05, 0.1) is 4.90 Å². The molecule has 0 aliphatic heterocycles. The van der Waals surface area contributed by atoms with Crippen LogP contribution in [-0.4, -0.2) is 27.4 Å². The van der Waals surface area contributed by atoms with Gasteiger partial charge in [0.2, 0.25) is 15.9 Å². The maximum Gasteiger partial charge on any atom is 0.240 e. The molecule has 0 aliphatic carbocycles. The Morgan fingerprint density at radius 1 is 1.08 bits per heavy atom. The van der Waals surface area contributed by atoms with E-state index in [-0.39, 0.29) is 23.9 Å². The molecule has 0 aliphatic rings.